The zero-order valence-corrected chi connectivity index (χ0v) is 13.3. The summed E-state index contributed by atoms with van der Waals surface area (Å²) in [5, 5.41) is 40.9. The Hall–Kier alpha value is -4.28. The molecule has 2 rings (SSSR count). The number of carboxylic acid groups (broad SMARTS) is 2. The van der Waals surface area contributed by atoms with Gasteiger partial charge in [0.2, 0.25) is 0 Å². The van der Waals surface area contributed by atoms with Crippen LogP contribution in [0.3, 0.4) is 0 Å². The Morgan fingerprint density at radius 2 is 1.07 bits per heavy atom. The normalized spacial score (nSPS) is 9.93. The first kappa shape index (κ1) is 19.1. The highest BCUT2D eigenvalue weighted by Crippen LogP contribution is 2.29. The standard InChI is InChI=1S/C16H12N2O9/c19-9-5-1-3-7(17-15(23)24)11(9)13(21)27-14(22)12-8(18-16(25)26)4-2-6-10(12)20/h1-6,17-20H,(H,23,24)(H,25,26). The summed E-state index contributed by atoms with van der Waals surface area (Å²) >= 11 is 0. The molecule has 0 aliphatic carbocycles. The summed E-state index contributed by atoms with van der Waals surface area (Å²) < 4.78 is 4.56. The molecular formula is C16H12N2O9. The first-order valence-electron chi connectivity index (χ1n) is 7.11. The van der Waals surface area contributed by atoms with Crippen molar-refractivity contribution in [2.24, 2.45) is 0 Å². The highest BCUT2D eigenvalue weighted by atomic mass is 16.6. The van der Waals surface area contributed by atoms with Gasteiger partial charge in [0, 0.05) is 0 Å². The summed E-state index contributed by atoms with van der Waals surface area (Å²) in [7, 11) is 0. The lowest BCUT2D eigenvalue weighted by atomic mass is 10.1. The van der Waals surface area contributed by atoms with E-state index in [-0.39, 0.29) is 11.4 Å². The van der Waals surface area contributed by atoms with E-state index in [4.69, 9.17) is 10.2 Å². The summed E-state index contributed by atoms with van der Waals surface area (Å²) in [4.78, 5) is 46.0. The minimum atomic E-state index is -1.53. The predicted molar refractivity (Wildman–Crippen MR) is 89.3 cm³/mol. The van der Waals surface area contributed by atoms with Gasteiger partial charge in [0.1, 0.15) is 22.6 Å². The molecule has 27 heavy (non-hydrogen) atoms. The van der Waals surface area contributed by atoms with E-state index < -0.39 is 46.8 Å². The van der Waals surface area contributed by atoms with Crippen LogP contribution in [-0.4, -0.2) is 44.6 Å². The van der Waals surface area contributed by atoms with Crippen LogP contribution in [0.4, 0.5) is 21.0 Å². The number of nitrogens with one attached hydrogen (secondary N) is 2. The Balaban J connectivity index is 2.37. The Morgan fingerprint density at radius 3 is 1.41 bits per heavy atom. The molecule has 0 heterocycles. The molecule has 0 unspecified atom stereocenters. The quantitative estimate of drug-likeness (QED) is 0.344. The van der Waals surface area contributed by atoms with Crippen molar-refractivity contribution in [1.29, 1.82) is 0 Å². The average molecular weight is 376 g/mol. The molecule has 0 saturated carbocycles. The second-order valence-electron chi connectivity index (χ2n) is 4.94. The Labute approximate surface area is 150 Å². The van der Waals surface area contributed by atoms with Crippen molar-refractivity contribution in [1.82, 2.24) is 0 Å². The van der Waals surface area contributed by atoms with Gasteiger partial charge in [0.05, 0.1) is 11.4 Å². The van der Waals surface area contributed by atoms with E-state index >= 15 is 0 Å². The number of hydrogen-bond donors (Lipinski definition) is 6. The van der Waals surface area contributed by atoms with Gasteiger partial charge in [0.25, 0.3) is 0 Å². The Morgan fingerprint density at radius 1 is 0.704 bits per heavy atom. The van der Waals surface area contributed by atoms with Gasteiger partial charge in [-0.05, 0) is 24.3 Å². The van der Waals surface area contributed by atoms with Gasteiger partial charge in [-0.2, -0.15) is 0 Å². The molecule has 0 spiro atoms. The lowest BCUT2D eigenvalue weighted by molar-refractivity contribution is 0.0396. The molecular weight excluding hydrogens is 364 g/mol. The number of phenols is 2. The van der Waals surface area contributed by atoms with Gasteiger partial charge in [-0.1, -0.05) is 12.1 Å². The third-order valence-corrected chi connectivity index (χ3v) is 3.16. The molecule has 0 aromatic heterocycles. The molecule has 0 radical (unpaired) electrons. The fourth-order valence-corrected chi connectivity index (χ4v) is 2.13. The summed E-state index contributed by atoms with van der Waals surface area (Å²) in [5.41, 5.74) is -1.98. The van der Waals surface area contributed by atoms with E-state index in [1.807, 2.05) is 10.6 Å². The number of esters is 2. The van der Waals surface area contributed by atoms with E-state index in [1.165, 1.54) is 12.1 Å². The van der Waals surface area contributed by atoms with Crippen molar-refractivity contribution < 1.29 is 44.3 Å². The number of amides is 2. The molecule has 0 saturated heterocycles. The number of carbonyl (C=O) groups is 4. The topological polar surface area (TPSA) is 182 Å². The molecule has 0 bridgehead atoms. The largest absolute Gasteiger partial charge is 0.507 e. The van der Waals surface area contributed by atoms with Gasteiger partial charge < -0.3 is 25.2 Å². The second-order valence-corrected chi connectivity index (χ2v) is 4.94. The van der Waals surface area contributed by atoms with Crippen LogP contribution in [-0.2, 0) is 4.74 Å². The van der Waals surface area contributed by atoms with E-state index in [0.29, 0.717) is 0 Å². The van der Waals surface area contributed by atoms with Gasteiger partial charge >= 0.3 is 24.1 Å². The maximum atomic E-state index is 12.2. The van der Waals surface area contributed by atoms with Crippen molar-refractivity contribution in [3.05, 3.63) is 47.5 Å². The number of ether oxygens (including phenoxy) is 1. The third kappa shape index (κ3) is 4.42. The smallest absolute Gasteiger partial charge is 0.409 e. The van der Waals surface area contributed by atoms with E-state index in [2.05, 4.69) is 4.74 Å². The fraction of sp³-hybridized carbons (Fsp3) is 0. The first-order valence-corrected chi connectivity index (χ1v) is 7.11. The number of benzene rings is 2. The third-order valence-electron chi connectivity index (χ3n) is 3.16. The van der Waals surface area contributed by atoms with Crippen molar-refractivity contribution in [3.8, 4) is 11.5 Å². The molecule has 2 aromatic carbocycles. The summed E-state index contributed by atoms with van der Waals surface area (Å²) in [6.07, 6.45) is -3.07. The number of carbonyl (C=O) groups excluding carboxylic acids is 2. The minimum Gasteiger partial charge on any atom is -0.507 e. The molecule has 2 aromatic rings. The van der Waals surface area contributed by atoms with Gasteiger partial charge in [0.15, 0.2) is 0 Å². The molecule has 0 aliphatic rings. The fourth-order valence-electron chi connectivity index (χ4n) is 2.13. The molecule has 0 aliphatic heterocycles. The van der Waals surface area contributed by atoms with Crippen LogP contribution < -0.4 is 10.6 Å². The monoisotopic (exact) mass is 376 g/mol. The number of anilines is 2. The molecule has 2 amide bonds. The zero-order chi connectivity index (χ0) is 20.1. The Bertz CT molecular complexity index is 864. The molecule has 6 N–H and O–H groups in total. The lowest BCUT2D eigenvalue weighted by Gasteiger charge is -2.12. The summed E-state index contributed by atoms with van der Waals surface area (Å²) in [6.45, 7) is 0. The number of hydrogen-bond acceptors (Lipinski definition) is 7. The second kappa shape index (κ2) is 7.74. The van der Waals surface area contributed by atoms with Crippen LogP contribution in [0.25, 0.3) is 0 Å². The van der Waals surface area contributed by atoms with Crippen LogP contribution in [0.1, 0.15) is 20.7 Å². The SMILES string of the molecule is O=C(O)Nc1cccc(O)c1C(=O)OC(=O)c1c(O)cccc1NC(=O)O. The molecule has 0 atom stereocenters. The summed E-state index contributed by atoms with van der Waals surface area (Å²) in [5.74, 6) is -4.18. The lowest BCUT2D eigenvalue weighted by Crippen LogP contribution is -2.19. The van der Waals surface area contributed by atoms with Crippen LogP contribution in [0.15, 0.2) is 36.4 Å². The number of phenolic OH excluding ortho intramolecular Hbond substituents is 2. The van der Waals surface area contributed by atoms with Crippen molar-refractivity contribution >= 4 is 35.5 Å². The van der Waals surface area contributed by atoms with Crippen molar-refractivity contribution in [2.75, 3.05) is 10.6 Å². The highest BCUT2D eigenvalue weighted by molar-refractivity contribution is 6.11. The van der Waals surface area contributed by atoms with Crippen LogP contribution in [0.2, 0.25) is 0 Å². The van der Waals surface area contributed by atoms with E-state index in [1.54, 1.807) is 0 Å². The molecule has 0 fully saturated rings. The average Bonchev–Trinajstić information content (AvgIpc) is 2.53. The predicted octanol–water partition coefficient (Wildman–Crippen LogP) is 2.27. The maximum absolute atomic E-state index is 12.2. The molecule has 140 valence electrons. The van der Waals surface area contributed by atoms with Crippen LogP contribution in [0.5, 0.6) is 11.5 Å². The van der Waals surface area contributed by atoms with Gasteiger partial charge in [-0.3, -0.25) is 10.6 Å². The minimum absolute atomic E-state index is 0.346. The number of rotatable bonds is 4. The van der Waals surface area contributed by atoms with Crippen LogP contribution >= 0.6 is 0 Å². The van der Waals surface area contributed by atoms with Crippen LogP contribution in [0, 0.1) is 0 Å². The Kier molecular flexibility index (Phi) is 5.46. The zero-order valence-electron chi connectivity index (χ0n) is 13.3. The van der Waals surface area contributed by atoms with Crippen molar-refractivity contribution in [2.45, 2.75) is 0 Å². The van der Waals surface area contributed by atoms with Gasteiger partial charge in [-0.15, -0.1) is 0 Å². The van der Waals surface area contributed by atoms with Crippen molar-refractivity contribution in [3.63, 3.8) is 0 Å². The summed E-state index contributed by atoms with van der Waals surface area (Å²) in [6, 6.07) is 6.91. The van der Waals surface area contributed by atoms with E-state index in [0.717, 1.165) is 24.3 Å². The van der Waals surface area contributed by atoms with E-state index in [9.17, 15) is 29.4 Å². The molecule has 11 heteroatoms. The molecule has 11 nitrogen and oxygen atoms in total. The highest BCUT2D eigenvalue weighted by Gasteiger charge is 2.26. The van der Waals surface area contributed by atoms with Gasteiger partial charge in [-0.25, -0.2) is 19.2 Å². The number of aromatic hydroxyl groups is 2. The first-order chi connectivity index (χ1) is 12.7. The maximum Gasteiger partial charge on any atom is 0.409 e.